The second kappa shape index (κ2) is 11.0. The zero-order valence-corrected chi connectivity index (χ0v) is 21.7. The Hall–Kier alpha value is -3.85. The molecule has 188 valence electrons. The van der Waals surface area contributed by atoms with Crippen LogP contribution in [0, 0.1) is 0 Å². The van der Waals surface area contributed by atoms with E-state index in [2.05, 4.69) is 10.0 Å². The van der Waals surface area contributed by atoms with Crippen molar-refractivity contribution in [3.63, 3.8) is 0 Å². The van der Waals surface area contributed by atoms with Crippen LogP contribution in [0.25, 0.3) is 0 Å². The Morgan fingerprint density at radius 3 is 2.24 bits per heavy atom. The van der Waals surface area contributed by atoms with Gasteiger partial charge in [0.25, 0.3) is 15.9 Å². The molecule has 2 N–H and O–H groups in total. The summed E-state index contributed by atoms with van der Waals surface area (Å²) in [6.45, 7) is 0. The number of amides is 1. The van der Waals surface area contributed by atoms with Gasteiger partial charge in [0.15, 0.2) is 5.78 Å². The van der Waals surface area contributed by atoms with Crippen LogP contribution in [-0.2, 0) is 10.0 Å². The second-order valence-electron chi connectivity index (χ2n) is 7.81. The van der Waals surface area contributed by atoms with E-state index in [4.69, 9.17) is 27.9 Å². The highest BCUT2D eigenvalue weighted by atomic mass is 35.5. The van der Waals surface area contributed by atoms with Gasteiger partial charge in [0.1, 0.15) is 5.75 Å². The third kappa shape index (κ3) is 6.11. The number of anilines is 2. The quantitative estimate of drug-likeness (QED) is 0.249. The van der Waals surface area contributed by atoms with E-state index in [9.17, 15) is 18.0 Å². The highest BCUT2D eigenvalue weighted by Crippen LogP contribution is 2.27. The van der Waals surface area contributed by atoms with Crippen molar-refractivity contribution in [2.45, 2.75) is 4.90 Å². The van der Waals surface area contributed by atoms with Gasteiger partial charge in [-0.15, -0.1) is 0 Å². The molecule has 0 aliphatic carbocycles. The van der Waals surface area contributed by atoms with E-state index in [1.165, 1.54) is 61.7 Å². The monoisotopic (exact) mass is 554 g/mol. The summed E-state index contributed by atoms with van der Waals surface area (Å²) in [6, 6.07) is 22.9. The van der Waals surface area contributed by atoms with Crippen LogP contribution < -0.4 is 14.8 Å². The summed E-state index contributed by atoms with van der Waals surface area (Å²) in [5.74, 6) is -0.447. The van der Waals surface area contributed by atoms with Crippen molar-refractivity contribution >= 4 is 56.3 Å². The Morgan fingerprint density at radius 2 is 1.54 bits per heavy atom. The van der Waals surface area contributed by atoms with Crippen LogP contribution in [0.3, 0.4) is 0 Å². The van der Waals surface area contributed by atoms with Crippen LogP contribution in [0.4, 0.5) is 11.4 Å². The number of nitrogens with one attached hydrogen (secondary N) is 2. The number of methoxy groups -OCH3 is 1. The lowest BCUT2D eigenvalue weighted by Gasteiger charge is -2.13. The molecule has 0 atom stereocenters. The molecule has 0 fully saturated rings. The number of sulfonamides is 1. The summed E-state index contributed by atoms with van der Waals surface area (Å²) in [4.78, 5) is 26.3. The van der Waals surface area contributed by atoms with Gasteiger partial charge < -0.3 is 10.1 Å². The minimum absolute atomic E-state index is 0.0343. The van der Waals surface area contributed by atoms with E-state index in [-0.39, 0.29) is 38.0 Å². The number of hydrogen-bond donors (Lipinski definition) is 2. The SMILES string of the molecule is COc1ccc(S(=O)(=O)Nc2cccc(C(=O)Nc3ccc(Cl)cc3C(=O)c3ccccc3Cl)c2)cc1. The first-order valence-electron chi connectivity index (χ1n) is 10.8. The number of ketones is 1. The molecule has 0 aliphatic heterocycles. The van der Waals surface area contributed by atoms with Gasteiger partial charge in [-0.2, -0.15) is 0 Å². The first-order chi connectivity index (χ1) is 17.7. The molecule has 0 bridgehead atoms. The Morgan fingerprint density at radius 1 is 0.811 bits per heavy atom. The number of benzene rings is 4. The van der Waals surface area contributed by atoms with E-state index < -0.39 is 21.7 Å². The Labute approximate surface area is 224 Å². The largest absolute Gasteiger partial charge is 0.497 e. The maximum Gasteiger partial charge on any atom is 0.261 e. The molecular weight excluding hydrogens is 535 g/mol. The zero-order chi connectivity index (χ0) is 26.6. The van der Waals surface area contributed by atoms with Crippen LogP contribution in [0.1, 0.15) is 26.3 Å². The molecule has 0 aliphatic rings. The number of carbonyl (C=O) groups excluding carboxylic acids is 2. The molecule has 0 unspecified atom stereocenters. The van der Waals surface area contributed by atoms with Crippen LogP contribution in [-0.4, -0.2) is 27.2 Å². The van der Waals surface area contributed by atoms with E-state index in [0.717, 1.165) is 0 Å². The smallest absolute Gasteiger partial charge is 0.261 e. The standard InChI is InChI=1S/C27H20Cl2N2O5S/c1-36-20-10-12-21(13-11-20)37(34,35)31-19-6-4-5-17(15-19)27(33)30-25-14-9-18(28)16-23(25)26(32)22-7-2-3-8-24(22)29/h2-16,31H,1H3,(H,30,33). The number of carbonyl (C=O) groups is 2. The zero-order valence-electron chi connectivity index (χ0n) is 19.4. The second-order valence-corrected chi connectivity index (χ2v) is 10.3. The minimum atomic E-state index is -3.91. The van der Waals surface area contributed by atoms with Gasteiger partial charge in [0, 0.05) is 27.4 Å². The molecule has 7 nitrogen and oxygen atoms in total. The first kappa shape index (κ1) is 26.2. The van der Waals surface area contributed by atoms with Crippen molar-refractivity contribution in [3.8, 4) is 5.75 Å². The van der Waals surface area contributed by atoms with E-state index in [1.807, 2.05) is 0 Å². The van der Waals surface area contributed by atoms with E-state index in [0.29, 0.717) is 10.8 Å². The van der Waals surface area contributed by atoms with E-state index >= 15 is 0 Å². The average Bonchev–Trinajstić information content (AvgIpc) is 2.89. The maximum atomic E-state index is 13.2. The molecule has 0 aromatic heterocycles. The van der Waals surface area contributed by atoms with Gasteiger partial charge >= 0.3 is 0 Å². The lowest BCUT2D eigenvalue weighted by molar-refractivity contribution is 0.102. The Balaban J connectivity index is 1.57. The molecule has 0 spiro atoms. The van der Waals surface area contributed by atoms with Crippen LogP contribution in [0.2, 0.25) is 10.0 Å². The van der Waals surface area contributed by atoms with Gasteiger partial charge in [0.2, 0.25) is 0 Å². The average molecular weight is 555 g/mol. The molecule has 10 heteroatoms. The summed E-state index contributed by atoms with van der Waals surface area (Å²) < 4.78 is 33.1. The van der Waals surface area contributed by atoms with Crippen molar-refractivity contribution in [2.24, 2.45) is 0 Å². The Bertz CT molecular complexity index is 1590. The third-order valence-electron chi connectivity index (χ3n) is 5.34. The van der Waals surface area contributed by atoms with Crippen LogP contribution in [0.5, 0.6) is 5.75 Å². The summed E-state index contributed by atoms with van der Waals surface area (Å²) in [6.07, 6.45) is 0. The van der Waals surface area contributed by atoms with Crippen molar-refractivity contribution in [3.05, 3.63) is 118 Å². The summed E-state index contributed by atoms with van der Waals surface area (Å²) in [5, 5.41) is 3.28. The lowest BCUT2D eigenvalue weighted by atomic mass is 10.0. The van der Waals surface area contributed by atoms with Crippen molar-refractivity contribution < 1.29 is 22.7 Å². The summed E-state index contributed by atoms with van der Waals surface area (Å²) in [7, 11) is -2.42. The molecule has 37 heavy (non-hydrogen) atoms. The van der Waals surface area contributed by atoms with Crippen LogP contribution >= 0.6 is 23.2 Å². The summed E-state index contributed by atoms with van der Waals surface area (Å²) in [5.41, 5.74) is 0.999. The predicted molar refractivity (Wildman–Crippen MR) is 145 cm³/mol. The van der Waals surface area contributed by atoms with Crippen LogP contribution in [0.15, 0.2) is 95.9 Å². The molecule has 4 aromatic rings. The highest BCUT2D eigenvalue weighted by Gasteiger charge is 2.20. The highest BCUT2D eigenvalue weighted by molar-refractivity contribution is 7.92. The third-order valence-corrected chi connectivity index (χ3v) is 7.30. The minimum Gasteiger partial charge on any atom is -0.497 e. The fourth-order valence-corrected chi connectivity index (χ4v) is 4.93. The van der Waals surface area contributed by atoms with Gasteiger partial charge in [-0.05, 0) is 72.8 Å². The molecule has 4 aromatic carbocycles. The fraction of sp³-hybridized carbons (Fsp3) is 0.0370. The van der Waals surface area contributed by atoms with Gasteiger partial charge in [-0.3, -0.25) is 14.3 Å². The molecule has 4 rings (SSSR count). The molecule has 0 saturated carbocycles. The number of hydrogen-bond acceptors (Lipinski definition) is 5. The van der Waals surface area contributed by atoms with Crippen molar-refractivity contribution in [1.82, 2.24) is 0 Å². The van der Waals surface area contributed by atoms with Crippen molar-refractivity contribution in [2.75, 3.05) is 17.1 Å². The molecule has 0 saturated heterocycles. The normalized spacial score (nSPS) is 11.0. The predicted octanol–water partition coefficient (Wildman–Crippen LogP) is 6.29. The molecule has 1 amide bonds. The van der Waals surface area contributed by atoms with Gasteiger partial charge in [-0.25, -0.2) is 8.42 Å². The number of ether oxygens (including phenoxy) is 1. The maximum absolute atomic E-state index is 13.2. The fourth-order valence-electron chi connectivity index (χ4n) is 3.49. The first-order valence-corrected chi connectivity index (χ1v) is 13.1. The number of rotatable bonds is 8. The van der Waals surface area contributed by atoms with Crippen molar-refractivity contribution in [1.29, 1.82) is 0 Å². The number of halogens is 2. The van der Waals surface area contributed by atoms with Gasteiger partial charge in [-0.1, -0.05) is 41.4 Å². The van der Waals surface area contributed by atoms with Gasteiger partial charge in [0.05, 0.1) is 22.7 Å². The lowest BCUT2D eigenvalue weighted by Crippen LogP contribution is -2.17. The molecular formula is C27H20Cl2N2O5S. The summed E-state index contributed by atoms with van der Waals surface area (Å²) >= 11 is 12.3. The van der Waals surface area contributed by atoms with E-state index in [1.54, 1.807) is 36.4 Å². The topological polar surface area (TPSA) is 102 Å². The Kier molecular flexibility index (Phi) is 7.83. The molecule has 0 radical (unpaired) electrons. The molecule has 0 heterocycles.